The fourth-order valence-corrected chi connectivity index (χ4v) is 5.22. The summed E-state index contributed by atoms with van der Waals surface area (Å²) in [6.45, 7) is 8.30. The van der Waals surface area contributed by atoms with Crippen LogP contribution in [0.3, 0.4) is 0 Å². The molecule has 0 amide bonds. The van der Waals surface area contributed by atoms with Crippen molar-refractivity contribution in [3.05, 3.63) is 97.3 Å². The van der Waals surface area contributed by atoms with E-state index in [0.29, 0.717) is 0 Å². The first kappa shape index (κ1) is 23.1. The van der Waals surface area contributed by atoms with Crippen LogP contribution in [0, 0.1) is 0 Å². The van der Waals surface area contributed by atoms with Crippen LogP contribution in [0.15, 0.2) is 97.3 Å². The first-order valence-corrected chi connectivity index (χ1v) is 13.0. The van der Waals surface area contributed by atoms with Gasteiger partial charge in [-0.25, -0.2) is 9.97 Å². The van der Waals surface area contributed by atoms with Crippen molar-refractivity contribution in [3.8, 4) is 22.5 Å². The van der Waals surface area contributed by atoms with Crippen LogP contribution in [0.4, 0.5) is 0 Å². The molecule has 0 bridgehead atoms. The molecule has 0 atom stereocenters. The molecular formula is C32H28BN3O2. The molecule has 1 saturated heterocycles. The van der Waals surface area contributed by atoms with Gasteiger partial charge >= 0.3 is 7.12 Å². The highest BCUT2D eigenvalue weighted by atomic mass is 16.7. The monoisotopic (exact) mass is 497 g/mol. The van der Waals surface area contributed by atoms with Gasteiger partial charge in [-0.05, 0) is 45.3 Å². The van der Waals surface area contributed by atoms with Gasteiger partial charge in [0.05, 0.1) is 28.1 Å². The summed E-state index contributed by atoms with van der Waals surface area (Å²) < 4.78 is 14.6. The van der Waals surface area contributed by atoms with Gasteiger partial charge in [0.25, 0.3) is 0 Å². The van der Waals surface area contributed by atoms with Gasteiger partial charge < -0.3 is 13.7 Å². The van der Waals surface area contributed by atoms with Crippen LogP contribution in [-0.2, 0) is 9.31 Å². The molecule has 7 rings (SSSR count). The lowest BCUT2D eigenvalue weighted by atomic mass is 9.78. The van der Waals surface area contributed by atoms with E-state index in [0.717, 1.165) is 55.3 Å². The van der Waals surface area contributed by atoms with Crippen LogP contribution in [0.25, 0.3) is 49.8 Å². The average Bonchev–Trinajstić information content (AvgIpc) is 3.46. The number of benzene rings is 3. The number of rotatable bonds is 3. The Balaban J connectivity index is 1.39. The van der Waals surface area contributed by atoms with Gasteiger partial charge in [-0.2, -0.15) is 0 Å². The molecule has 0 spiro atoms. The molecule has 186 valence electrons. The van der Waals surface area contributed by atoms with E-state index in [2.05, 4.69) is 105 Å². The quantitative estimate of drug-likeness (QED) is 0.203. The van der Waals surface area contributed by atoms with Crippen LogP contribution >= 0.6 is 0 Å². The van der Waals surface area contributed by atoms with Crippen molar-refractivity contribution < 1.29 is 9.31 Å². The van der Waals surface area contributed by atoms with E-state index in [9.17, 15) is 0 Å². The van der Waals surface area contributed by atoms with Gasteiger partial charge in [0, 0.05) is 39.7 Å². The van der Waals surface area contributed by atoms with Crippen molar-refractivity contribution in [1.82, 2.24) is 14.4 Å². The third kappa shape index (κ3) is 3.56. The maximum absolute atomic E-state index is 6.26. The molecule has 0 unspecified atom stereocenters. The predicted octanol–water partition coefficient (Wildman–Crippen LogP) is 6.67. The van der Waals surface area contributed by atoms with Crippen molar-refractivity contribution in [3.63, 3.8) is 0 Å². The molecule has 1 aliphatic rings. The lowest BCUT2D eigenvalue weighted by molar-refractivity contribution is 0.00578. The molecule has 6 heteroatoms. The highest BCUT2D eigenvalue weighted by Crippen LogP contribution is 2.38. The summed E-state index contributed by atoms with van der Waals surface area (Å²) in [4.78, 5) is 10.2. The minimum atomic E-state index is -0.392. The summed E-state index contributed by atoms with van der Waals surface area (Å²) in [5.41, 5.74) is 6.15. The lowest BCUT2D eigenvalue weighted by Gasteiger charge is -2.32. The van der Waals surface area contributed by atoms with Crippen molar-refractivity contribution in [2.75, 3.05) is 0 Å². The van der Waals surface area contributed by atoms with Crippen molar-refractivity contribution in [2.45, 2.75) is 38.9 Å². The molecule has 3 aromatic carbocycles. The number of hydrogen-bond acceptors (Lipinski definition) is 4. The smallest absolute Gasteiger partial charge is 0.399 e. The second kappa shape index (κ2) is 8.25. The van der Waals surface area contributed by atoms with Gasteiger partial charge in [-0.1, -0.05) is 72.8 Å². The van der Waals surface area contributed by atoms with E-state index in [1.807, 2.05) is 24.3 Å². The maximum Gasteiger partial charge on any atom is 0.494 e. The molecule has 3 aromatic heterocycles. The van der Waals surface area contributed by atoms with Crippen LogP contribution < -0.4 is 5.46 Å². The fourth-order valence-electron chi connectivity index (χ4n) is 5.22. The number of imidazole rings is 1. The van der Waals surface area contributed by atoms with Crippen molar-refractivity contribution >= 4 is 39.9 Å². The third-order valence-corrected chi connectivity index (χ3v) is 8.07. The second-order valence-corrected chi connectivity index (χ2v) is 11.0. The zero-order valence-electron chi connectivity index (χ0n) is 22.0. The minimum absolute atomic E-state index is 0.374. The Labute approximate surface area is 222 Å². The second-order valence-electron chi connectivity index (χ2n) is 11.0. The Morgan fingerprint density at radius 1 is 0.684 bits per heavy atom. The van der Waals surface area contributed by atoms with Gasteiger partial charge in [-0.3, -0.25) is 0 Å². The standard InChI is InChI=1S/C32H28BN3O2/c1-31(2)32(3,4)38-33(37-31)23-16-14-22(15-17-23)29-25-18-19-36-20-27(21-10-6-5-7-11-21)35-30(36)28(25)24-12-8-9-13-26(24)34-29/h5-20H,1-4H3. The van der Waals surface area contributed by atoms with E-state index < -0.39 is 7.12 Å². The number of hydrogen-bond donors (Lipinski definition) is 0. The Morgan fingerprint density at radius 3 is 2.11 bits per heavy atom. The van der Waals surface area contributed by atoms with Gasteiger partial charge in [0.2, 0.25) is 0 Å². The van der Waals surface area contributed by atoms with E-state index in [1.54, 1.807) is 0 Å². The molecular weight excluding hydrogens is 469 g/mol. The van der Waals surface area contributed by atoms with Gasteiger partial charge in [0.15, 0.2) is 0 Å². The first-order valence-electron chi connectivity index (χ1n) is 13.0. The number of fused-ring (bicyclic) bond motifs is 5. The zero-order valence-corrected chi connectivity index (χ0v) is 22.0. The Morgan fingerprint density at radius 2 is 1.37 bits per heavy atom. The van der Waals surface area contributed by atoms with Crippen LogP contribution in [0.2, 0.25) is 0 Å². The van der Waals surface area contributed by atoms with E-state index in [1.165, 1.54) is 0 Å². The summed E-state index contributed by atoms with van der Waals surface area (Å²) in [6.07, 6.45) is 4.17. The largest absolute Gasteiger partial charge is 0.494 e. The summed E-state index contributed by atoms with van der Waals surface area (Å²) in [5.74, 6) is 0. The summed E-state index contributed by atoms with van der Waals surface area (Å²) in [6, 6.07) is 29.1. The molecule has 0 aliphatic carbocycles. The highest BCUT2D eigenvalue weighted by molar-refractivity contribution is 6.62. The molecule has 6 aromatic rings. The summed E-state index contributed by atoms with van der Waals surface area (Å²) >= 11 is 0. The number of aromatic nitrogens is 3. The molecule has 0 N–H and O–H groups in total. The molecule has 4 heterocycles. The molecule has 38 heavy (non-hydrogen) atoms. The SMILES string of the molecule is CC1(C)OB(c2ccc(-c3nc4ccccc4c4c3ccn3cc(-c5ccccc5)nc43)cc2)OC1(C)C. The maximum atomic E-state index is 6.26. The number of nitrogens with zero attached hydrogens (tertiary/aromatic N) is 3. The molecule has 1 aliphatic heterocycles. The normalized spacial score (nSPS) is 16.6. The fraction of sp³-hybridized carbons (Fsp3) is 0.188. The lowest BCUT2D eigenvalue weighted by Crippen LogP contribution is -2.41. The Hall–Kier alpha value is -4.00. The zero-order chi connectivity index (χ0) is 26.1. The molecule has 1 fully saturated rings. The Bertz CT molecular complexity index is 1810. The van der Waals surface area contributed by atoms with Crippen molar-refractivity contribution in [1.29, 1.82) is 0 Å². The first-order chi connectivity index (χ1) is 18.3. The van der Waals surface area contributed by atoms with Gasteiger partial charge in [-0.15, -0.1) is 0 Å². The summed E-state index contributed by atoms with van der Waals surface area (Å²) in [5, 5.41) is 3.27. The molecule has 5 nitrogen and oxygen atoms in total. The van der Waals surface area contributed by atoms with Gasteiger partial charge in [0.1, 0.15) is 5.65 Å². The van der Waals surface area contributed by atoms with Crippen molar-refractivity contribution in [2.24, 2.45) is 0 Å². The topological polar surface area (TPSA) is 48.7 Å². The van der Waals surface area contributed by atoms with Crippen LogP contribution in [0.1, 0.15) is 27.7 Å². The highest BCUT2D eigenvalue weighted by Gasteiger charge is 2.51. The number of pyridine rings is 2. The molecule has 0 radical (unpaired) electrons. The minimum Gasteiger partial charge on any atom is -0.399 e. The predicted molar refractivity (Wildman–Crippen MR) is 155 cm³/mol. The third-order valence-electron chi connectivity index (χ3n) is 8.07. The van der Waals surface area contributed by atoms with Crippen LogP contribution in [0.5, 0.6) is 0 Å². The van der Waals surface area contributed by atoms with Crippen LogP contribution in [-0.4, -0.2) is 32.7 Å². The molecule has 0 saturated carbocycles. The average molecular weight is 497 g/mol. The van der Waals surface area contributed by atoms with E-state index in [-0.39, 0.29) is 11.2 Å². The number of para-hydroxylation sites is 1. The van der Waals surface area contributed by atoms with E-state index in [4.69, 9.17) is 19.3 Å². The van der Waals surface area contributed by atoms with E-state index >= 15 is 0 Å². The summed E-state index contributed by atoms with van der Waals surface area (Å²) in [7, 11) is -0.392. The Kier molecular flexibility index (Phi) is 5.03.